The van der Waals surface area contributed by atoms with E-state index in [1.54, 1.807) is 25.1 Å². The molecule has 1 aromatic heterocycles. The molecule has 1 fully saturated rings. The molecular weight excluding hydrogens is 458 g/mol. The summed E-state index contributed by atoms with van der Waals surface area (Å²) >= 11 is 0. The zero-order chi connectivity index (χ0) is 24.5. The monoisotopic (exact) mass is 485 g/mol. The van der Waals surface area contributed by atoms with Crippen LogP contribution < -0.4 is 11.2 Å². The van der Waals surface area contributed by atoms with Crippen LogP contribution >= 0.6 is 0 Å². The number of nitriles is 1. The number of carbonyl (C=O) groups excluding carboxylic acids is 1. The minimum atomic E-state index is -3.68. The Morgan fingerprint density at radius 2 is 1.74 bits per heavy atom. The molecule has 0 bridgehead atoms. The number of rotatable bonds is 5. The third-order valence-electron chi connectivity index (χ3n) is 6.54. The normalized spacial score (nSPS) is 16.6. The van der Waals surface area contributed by atoms with Gasteiger partial charge in [-0.1, -0.05) is 6.07 Å². The van der Waals surface area contributed by atoms with Crippen LogP contribution in [0.15, 0.2) is 38.9 Å². The van der Waals surface area contributed by atoms with Gasteiger partial charge in [0.05, 0.1) is 4.90 Å². The second-order valence-corrected chi connectivity index (χ2v) is 10.5. The molecule has 0 spiro atoms. The van der Waals surface area contributed by atoms with Crippen molar-refractivity contribution in [3.8, 4) is 6.07 Å². The van der Waals surface area contributed by atoms with Gasteiger partial charge >= 0.3 is 5.69 Å². The summed E-state index contributed by atoms with van der Waals surface area (Å²) in [4.78, 5) is 39.5. The summed E-state index contributed by atoms with van der Waals surface area (Å²) in [7, 11) is -3.68. The van der Waals surface area contributed by atoms with Crippen molar-refractivity contribution in [2.75, 3.05) is 26.2 Å². The Hall–Kier alpha value is -3.23. The quantitative estimate of drug-likeness (QED) is 0.600. The van der Waals surface area contributed by atoms with Gasteiger partial charge in [-0.15, -0.1) is 0 Å². The van der Waals surface area contributed by atoms with Crippen LogP contribution in [0.1, 0.15) is 36.5 Å². The first kappa shape index (κ1) is 23.9. The summed E-state index contributed by atoms with van der Waals surface area (Å²) in [5, 5.41) is 9.16. The second kappa shape index (κ2) is 9.56. The first-order valence-electron chi connectivity index (χ1n) is 11.4. The standard InChI is InChI=1S/C23H27N5O5S/c1-2-25-15-19(14-24)22(30)28(23(25)31)16-21(29)26-9-11-27(12-10-26)34(32,33)20-8-7-17-5-3-4-6-18(17)13-20/h7-8,13,15H,2-6,9-12,16H2,1H3. The highest BCUT2D eigenvalue weighted by Gasteiger charge is 2.31. The van der Waals surface area contributed by atoms with Crippen LogP contribution in [0, 0.1) is 11.3 Å². The lowest BCUT2D eigenvalue weighted by Gasteiger charge is -2.34. The van der Waals surface area contributed by atoms with Gasteiger partial charge in [0.1, 0.15) is 18.2 Å². The first-order chi connectivity index (χ1) is 16.3. The maximum absolute atomic E-state index is 13.2. The average molecular weight is 486 g/mol. The summed E-state index contributed by atoms with van der Waals surface area (Å²) in [6.45, 7) is 2.00. The van der Waals surface area contributed by atoms with E-state index in [1.807, 2.05) is 6.07 Å². The summed E-state index contributed by atoms with van der Waals surface area (Å²) in [6, 6.07) is 7.09. The summed E-state index contributed by atoms with van der Waals surface area (Å²) in [5.41, 5.74) is 0.616. The topological polar surface area (TPSA) is 125 Å². The van der Waals surface area contributed by atoms with Crippen LogP contribution in [0.3, 0.4) is 0 Å². The Morgan fingerprint density at radius 1 is 1.06 bits per heavy atom. The lowest BCUT2D eigenvalue weighted by atomic mass is 9.92. The Kier molecular flexibility index (Phi) is 6.72. The van der Waals surface area contributed by atoms with Crippen molar-refractivity contribution >= 4 is 15.9 Å². The van der Waals surface area contributed by atoms with Gasteiger partial charge in [0.15, 0.2) is 0 Å². The third kappa shape index (κ3) is 4.43. The molecule has 11 heteroatoms. The van der Waals surface area contributed by atoms with Gasteiger partial charge < -0.3 is 4.90 Å². The Morgan fingerprint density at radius 3 is 2.38 bits per heavy atom. The van der Waals surface area contributed by atoms with Crippen molar-refractivity contribution in [1.29, 1.82) is 5.26 Å². The highest BCUT2D eigenvalue weighted by Crippen LogP contribution is 2.26. The average Bonchev–Trinajstić information content (AvgIpc) is 2.86. The molecule has 34 heavy (non-hydrogen) atoms. The van der Waals surface area contributed by atoms with E-state index in [4.69, 9.17) is 5.26 Å². The number of carbonyl (C=O) groups is 1. The second-order valence-electron chi connectivity index (χ2n) is 8.54. The van der Waals surface area contributed by atoms with Crippen LogP contribution in [0.5, 0.6) is 0 Å². The van der Waals surface area contributed by atoms with Crippen molar-refractivity contribution in [3.63, 3.8) is 0 Å². The molecule has 0 radical (unpaired) electrons. The number of hydrogen-bond acceptors (Lipinski definition) is 6. The van der Waals surface area contributed by atoms with Crippen LogP contribution in [0.25, 0.3) is 0 Å². The van der Waals surface area contributed by atoms with Crippen LogP contribution in [-0.4, -0.2) is 58.8 Å². The number of benzene rings is 1. The van der Waals surface area contributed by atoms with E-state index < -0.39 is 33.7 Å². The van der Waals surface area contributed by atoms with E-state index in [9.17, 15) is 22.8 Å². The van der Waals surface area contributed by atoms with Gasteiger partial charge in [-0.3, -0.25) is 14.2 Å². The number of fused-ring (bicyclic) bond motifs is 1. The third-order valence-corrected chi connectivity index (χ3v) is 8.44. The molecule has 1 amide bonds. The largest absolute Gasteiger partial charge is 0.338 e. The summed E-state index contributed by atoms with van der Waals surface area (Å²) < 4.78 is 29.7. The predicted octanol–water partition coefficient (Wildman–Crippen LogP) is 0.313. The van der Waals surface area contributed by atoms with Crippen molar-refractivity contribution in [2.24, 2.45) is 0 Å². The first-order valence-corrected chi connectivity index (χ1v) is 12.8. The maximum Gasteiger partial charge on any atom is 0.331 e. The smallest absolute Gasteiger partial charge is 0.331 e. The molecule has 4 rings (SSSR count). The molecule has 1 aromatic carbocycles. The number of hydrogen-bond donors (Lipinski definition) is 0. The number of nitrogens with zero attached hydrogens (tertiary/aromatic N) is 5. The molecule has 0 N–H and O–H groups in total. The van der Waals surface area contributed by atoms with E-state index in [2.05, 4.69) is 0 Å². The molecule has 1 saturated heterocycles. The predicted molar refractivity (Wildman–Crippen MR) is 124 cm³/mol. The molecule has 0 unspecified atom stereocenters. The zero-order valence-electron chi connectivity index (χ0n) is 19.1. The van der Waals surface area contributed by atoms with E-state index in [0.717, 1.165) is 35.8 Å². The molecule has 0 saturated carbocycles. The highest BCUT2D eigenvalue weighted by molar-refractivity contribution is 7.89. The van der Waals surface area contributed by atoms with E-state index in [-0.39, 0.29) is 43.2 Å². The number of piperazine rings is 1. The van der Waals surface area contributed by atoms with Gasteiger partial charge in [0, 0.05) is 38.9 Å². The summed E-state index contributed by atoms with van der Waals surface area (Å²) in [5.74, 6) is -0.470. The van der Waals surface area contributed by atoms with Crippen LogP contribution in [-0.2, 0) is 40.7 Å². The fraction of sp³-hybridized carbons (Fsp3) is 0.478. The molecule has 2 aromatic rings. The summed E-state index contributed by atoms with van der Waals surface area (Å²) in [6.07, 6.45) is 5.22. The van der Waals surface area contributed by atoms with Crippen molar-refractivity contribution in [2.45, 2.75) is 50.6 Å². The van der Waals surface area contributed by atoms with E-state index in [1.165, 1.54) is 25.5 Å². The fourth-order valence-corrected chi connectivity index (χ4v) is 6.00. The molecular formula is C23H27N5O5S. The molecule has 2 heterocycles. The SMILES string of the molecule is CCn1cc(C#N)c(=O)n(CC(=O)N2CCN(S(=O)(=O)c3ccc4c(c3)CCCC4)CC2)c1=O. The Labute approximate surface area is 197 Å². The van der Waals surface area contributed by atoms with Crippen molar-refractivity contribution < 1.29 is 13.2 Å². The molecule has 2 aliphatic rings. The lowest BCUT2D eigenvalue weighted by molar-refractivity contribution is -0.133. The minimum Gasteiger partial charge on any atom is -0.338 e. The molecule has 180 valence electrons. The molecule has 0 atom stereocenters. The molecule has 1 aliphatic heterocycles. The van der Waals surface area contributed by atoms with Crippen molar-refractivity contribution in [1.82, 2.24) is 18.3 Å². The van der Waals surface area contributed by atoms with Crippen LogP contribution in [0.4, 0.5) is 0 Å². The van der Waals surface area contributed by atoms with E-state index in [0.29, 0.717) is 0 Å². The number of aryl methyl sites for hydroxylation is 3. The number of aromatic nitrogens is 2. The van der Waals surface area contributed by atoms with Crippen molar-refractivity contribution in [3.05, 3.63) is 61.9 Å². The Balaban J connectivity index is 1.46. The van der Waals surface area contributed by atoms with Gasteiger partial charge in [0.25, 0.3) is 5.56 Å². The van der Waals surface area contributed by atoms with E-state index >= 15 is 0 Å². The number of sulfonamides is 1. The maximum atomic E-state index is 13.2. The minimum absolute atomic E-state index is 0.123. The Bertz CT molecular complexity index is 1380. The molecule has 10 nitrogen and oxygen atoms in total. The molecule has 1 aliphatic carbocycles. The number of amides is 1. The van der Waals surface area contributed by atoms with Crippen LogP contribution in [0.2, 0.25) is 0 Å². The van der Waals surface area contributed by atoms with Gasteiger partial charge in [-0.25, -0.2) is 17.8 Å². The lowest BCUT2D eigenvalue weighted by Crippen LogP contribution is -2.52. The zero-order valence-corrected chi connectivity index (χ0v) is 19.9. The highest BCUT2D eigenvalue weighted by atomic mass is 32.2. The van der Waals surface area contributed by atoms with Gasteiger partial charge in [-0.2, -0.15) is 9.57 Å². The van der Waals surface area contributed by atoms with Gasteiger partial charge in [0.2, 0.25) is 15.9 Å². The van der Waals surface area contributed by atoms with Gasteiger partial charge in [-0.05, 0) is 55.9 Å². The fourth-order valence-electron chi connectivity index (χ4n) is 4.53.